The molecule has 1 N–H and O–H groups in total. The molecule has 7 nitrogen and oxygen atoms in total. The van der Waals surface area contributed by atoms with E-state index in [1.165, 1.54) is 0 Å². The highest BCUT2D eigenvalue weighted by atomic mass is 16.1. The third-order valence-electron chi connectivity index (χ3n) is 4.88. The Morgan fingerprint density at radius 3 is 2.85 bits per heavy atom. The summed E-state index contributed by atoms with van der Waals surface area (Å²) in [6.45, 7) is 1.31. The van der Waals surface area contributed by atoms with E-state index in [9.17, 15) is 4.79 Å². The molecule has 0 unspecified atom stereocenters. The van der Waals surface area contributed by atoms with Gasteiger partial charge in [-0.05, 0) is 18.6 Å². The van der Waals surface area contributed by atoms with Gasteiger partial charge in [0.25, 0.3) is 5.91 Å². The van der Waals surface area contributed by atoms with E-state index in [2.05, 4.69) is 25.1 Å². The predicted molar refractivity (Wildman–Crippen MR) is 100 cm³/mol. The van der Waals surface area contributed by atoms with Crippen LogP contribution in [0.1, 0.15) is 28.4 Å². The number of aryl methyl sites for hydroxylation is 1. The first kappa shape index (κ1) is 15.7. The average Bonchev–Trinajstić information content (AvgIpc) is 3.42. The van der Waals surface area contributed by atoms with E-state index < -0.39 is 0 Å². The molecule has 1 aromatic carbocycles. The van der Waals surface area contributed by atoms with Crippen LogP contribution in [0.25, 0.3) is 16.9 Å². The maximum absolute atomic E-state index is 12.6. The fourth-order valence-corrected chi connectivity index (χ4v) is 3.48. The quantitative estimate of drug-likeness (QED) is 0.608. The normalized spacial score (nSPS) is 13.0. The van der Waals surface area contributed by atoms with Gasteiger partial charge in [-0.1, -0.05) is 30.3 Å². The van der Waals surface area contributed by atoms with E-state index in [1.807, 2.05) is 47.0 Å². The Bertz CT molecular complexity index is 1130. The molecule has 0 radical (unpaired) electrons. The second-order valence-electron chi connectivity index (χ2n) is 6.65. The Morgan fingerprint density at radius 1 is 1.07 bits per heavy atom. The number of hydrogen-bond acceptors (Lipinski definition) is 4. The van der Waals surface area contributed by atoms with Crippen LogP contribution in [0.3, 0.4) is 0 Å². The van der Waals surface area contributed by atoms with Crippen molar-refractivity contribution in [2.45, 2.75) is 25.9 Å². The van der Waals surface area contributed by atoms with Gasteiger partial charge in [0.05, 0.1) is 17.8 Å². The fourth-order valence-electron chi connectivity index (χ4n) is 3.48. The van der Waals surface area contributed by atoms with Crippen LogP contribution in [0.2, 0.25) is 0 Å². The minimum atomic E-state index is -0.137. The summed E-state index contributed by atoms with van der Waals surface area (Å²) in [6, 6.07) is 13.6. The van der Waals surface area contributed by atoms with Gasteiger partial charge in [0, 0.05) is 30.9 Å². The number of hydrogen-bond donors (Lipinski definition) is 1. The minimum absolute atomic E-state index is 0.137. The minimum Gasteiger partial charge on any atom is -0.345 e. The van der Waals surface area contributed by atoms with Crippen LogP contribution in [0.15, 0.2) is 54.9 Å². The molecule has 1 aliphatic heterocycles. The van der Waals surface area contributed by atoms with Crippen molar-refractivity contribution >= 4 is 11.6 Å². The predicted octanol–water partition coefficient (Wildman–Crippen LogP) is 2.47. The highest BCUT2D eigenvalue weighted by Gasteiger charge is 2.18. The molecular weight excluding hydrogens is 340 g/mol. The Balaban J connectivity index is 1.35. The fraction of sp³-hybridized carbons (Fsp3) is 0.200. The second-order valence-corrected chi connectivity index (χ2v) is 6.65. The largest absolute Gasteiger partial charge is 0.345 e. The molecule has 0 saturated carbocycles. The Kier molecular flexibility index (Phi) is 3.71. The number of rotatable bonds is 4. The Hall–Kier alpha value is -3.48. The molecule has 7 heteroatoms. The van der Waals surface area contributed by atoms with Crippen LogP contribution < -0.4 is 5.32 Å². The van der Waals surface area contributed by atoms with Crippen molar-refractivity contribution in [3.8, 4) is 11.3 Å². The maximum Gasteiger partial charge on any atom is 0.253 e. The third-order valence-corrected chi connectivity index (χ3v) is 4.88. The number of nitrogens with one attached hydrogen (secondary N) is 1. The molecule has 1 amide bonds. The molecule has 3 aromatic heterocycles. The molecule has 134 valence electrons. The van der Waals surface area contributed by atoms with Crippen LogP contribution in [0, 0.1) is 0 Å². The van der Waals surface area contributed by atoms with Crippen molar-refractivity contribution in [3.05, 3.63) is 72.1 Å². The molecule has 0 saturated heterocycles. The summed E-state index contributed by atoms with van der Waals surface area (Å²) in [7, 11) is 0. The summed E-state index contributed by atoms with van der Waals surface area (Å²) in [5, 5.41) is 11.3. The summed E-state index contributed by atoms with van der Waals surface area (Å²) < 4.78 is 3.97. The van der Waals surface area contributed by atoms with Crippen LogP contribution in [-0.2, 0) is 19.5 Å². The summed E-state index contributed by atoms with van der Waals surface area (Å²) in [5.74, 6) is 1.68. The van der Waals surface area contributed by atoms with Crippen LogP contribution in [0.5, 0.6) is 0 Å². The monoisotopic (exact) mass is 358 g/mol. The van der Waals surface area contributed by atoms with Gasteiger partial charge < -0.3 is 14.3 Å². The van der Waals surface area contributed by atoms with Gasteiger partial charge in [-0.3, -0.25) is 4.79 Å². The van der Waals surface area contributed by atoms with Gasteiger partial charge in [0.15, 0.2) is 5.82 Å². The van der Waals surface area contributed by atoms with E-state index in [0.717, 1.165) is 47.9 Å². The number of imidazole rings is 1. The summed E-state index contributed by atoms with van der Waals surface area (Å²) in [4.78, 5) is 17.2. The molecule has 4 aromatic rings. The lowest BCUT2D eigenvalue weighted by molar-refractivity contribution is 0.0949. The number of aromatic nitrogens is 5. The number of carbonyl (C=O) groups excluding carboxylic acids is 1. The van der Waals surface area contributed by atoms with E-state index in [-0.39, 0.29) is 5.91 Å². The van der Waals surface area contributed by atoms with Crippen molar-refractivity contribution in [3.63, 3.8) is 0 Å². The van der Waals surface area contributed by atoms with Gasteiger partial charge in [0.2, 0.25) is 0 Å². The molecular formula is C20H18N6O. The lowest BCUT2D eigenvalue weighted by Crippen LogP contribution is -2.25. The number of nitrogens with zero attached hydrogens (tertiary/aromatic N) is 5. The first-order chi connectivity index (χ1) is 13.3. The van der Waals surface area contributed by atoms with Crippen LogP contribution in [-0.4, -0.2) is 30.1 Å². The standard InChI is InChI=1S/C20H18N6O/c27-20(21-11-19-24-23-18-7-4-10-26(18)19)15-8-9-17-22-16(13-25(17)12-15)14-5-2-1-3-6-14/h1-3,5-6,8-9,12-13H,4,7,10-11H2,(H,21,27). The first-order valence-electron chi connectivity index (χ1n) is 9.01. The van der Waals surface area contributed by atoms with Crippen molar-refractivity contribution in [1.29, 1.82) is 0 Å². The molecule has 0 aliphatic carbocycles. The molecule has 0 bridgehead atoms. The molecule has 1 aliphatic rings. The highest BCUT2D eigenvalue weighted by Crippen LogP contribution is 2.19. The summed E-state index contributed by atoms with van der Waals surface area (Å²) >= 11 is 0. The van der Waals surface area contributed by atoms with E-state index >= 15 is 0 Å². The second kappa shape index (κ2) is 6.35. The van der Waals surface area contributed by atoms with Gasteiger partial charge in [-0.15, -0.1) is 10.2 Å². The highest BCUT2D eigenvalue weighted by molar-refractivity contribution is 5.94. The zero-order valence-electron chi connectivity index (χ0n) is 14.7. The topological polar surface area (TPSA) is 77.1 Å². The van der Waals surface area contributed by atoms with Crippen molar-refractivity contribution in [2.75, 3.05) is 0 Å². The van der Waals surface area contributed by atoms with Gasteiger partial charge in [-0.2, -0.15) is 0 Å². The van der Waals surface area contributed by atoms with E-state index in [0.29, 0.717) is 12.1 Å². The van der Waals surface area contributed by atoms with E-state index in [1.54, 1.807) is 12.3 Å². The van der Waals surface area contributed by atoms with Crippen molar-refractivity contribution in [2.24, 2.45) is 0 Å². The summed E-state index contributed by atoms with van der Waals surface area (Å²) in [6.07, 6.45) is 5.79. The van der Waals surface area contributed by atoms with Gasteiger partial charge in [0.1, 0.15) is 11.5 Å². The van der Waals surface area contributed by atoms with Crippen molar-refractivity contribution < 1.29 is 4.79 Å². The van der Waals surface area contributed by atoms with Gasteiger partial charge in [-0.25, -0.2) is 4.98 Å². The van der Waals surface area contributed by atoms with Crippen LogP contribution >= 0.6 is 0 Å². The van der Waals surface area contributed by atoms with Crippen molar-refractivity contribution in [1.82, 2.24) is 29.5 Å². The number of fused-ring (bicyclic) bond motifs is 2. The average molecular weight is 358 g/mol. The lowest BCUT2D eigenvalue weighted by atomic mass is 10.2. The van der Waals surface area contributed by atoms with Crippen LogP contribution in [0.4, 0.5) is 0 Å². The smallest absolute Gasteiger partial charge is 0.253 e. The van der Waals surface area contributed by atoms with E-state index in [4.69, 9.17) is 0 Å². The zero-order chi connectivity index (χ0) is 18.2. The first-order valence-corrected chi connectivity index (χ1v) is 9.01. The lowest BCUT2D eigenvalue weighted by Gasteiger charge is -2.06. The third kappa shape index (κ3) is 2.87. The Labute approximate surface area is 155 Å². The molecule has 0 fully saturated rings. The number of carbonyl (C=O) groups is 1. The molecule has 27 heavy (non-hydrogen) atoms. The molecule has 0 atom stereocenters. The summed E-state index contributed by atoms with van der Waals surface area (Å²) in [5.41, 5.74) is 3.32. The zero-order valence-corrected chi connectivity index (χ0v) is 14.7. The number of amides is 1. The molecule has 4 heterocycles. The number of pyridine rings is 1. The SMILES string of the molecule is O=C(NCc1nnc2n1CCC2)c1ccc2nc(-c3ccccc3)cn2c1. The maximum atomic E-state index is 12.6. The number of benzene rings is 1. The van der Waals surface area contributed by atoms with Gasteiger partial charge >= 0.3 is 0 Å². The molecule has 5 rings (SSSR count). The Morgan fingerprint density at radius 2 is 1.96 bits per heavy atom. The molecule has 0 spiro atoms.